The summed E-state index contributed by atoms with van der Waals surface area (Å²) in [6.07, 6.45) is 1.59. The van der Waals surface area contributed by atoms with Crippen LogP contribution in [0.4, 0.5) is 8.78 Å². The smallest absolute Gasteiger partial charge is 0.387 e. The third-order valence-corrected chi connectivity index (χ3v) is 4.14. The van der Waals surface area contributed by atoms with Crippen LogP contribution in [0.3, 0.4) is 0 Å². The fourth-order valence-electron chi connectivity index (χ4n) is 2.83. The minimum absolute atomic E-state index is 0.0535. The Labute approximate surface area is 160 Å². The van der Waals surface area contributed by atoms with Crippen molar-refractivity contribution in [3.05, 3.63) is 47.0 Å². The zero-order chi connectivity index (χ0) is 20.3. The molecule has 8 heteroatoms. The normalized spacial score (nSPS) is 14.5. The summed E-state index contributed by atoms with van der Waals surface area (Å²) in [6.45, 7) is -2.97. The van der Waals surface area contributed by atoms with Gasteiger partial charge in [-0.2, -0.15) is 8.78 Å². The summed E-state index contributed by atoms with van der Waals surface area (Å²) in [5, 5.41) is 0. The molecule has 2 aromatic rings. The Kier molecular flexibility index (Phi) is 5.67. The Balaban J connectivity index is 2.00. The molecule has 28 heavy (non-hydrogen) atoms. The topological polar surface area (TPSA) is 63.2 Å². The predicted molar refractivity (Wildman–Crippen MR) is 97.0 cm³/mol. The van der Waals surface area contributed by atoms with Crippen LogP contribution in [0, 0.1) is 0 Å². The van der Waals surface area contributed by atoms with Gasteiger partial charge in [-0.05, 0) is 42.0 Å². The van der Waals surface area contributed by atoms with Crippen LogP contribution in [-0.2, 0) is 0 Å². The molecule has 6 nitrogen and oxygen atoms in total. The average molecular weight is 392 g/mol. The molecule has 2 aromatic carbocycles. The lowest BCUT2D eigenvalue weighted by atomic mass is 9.98. The number of carbonyl (C=O) groups excluding carboxylic acids is 1. The molecule has 0 saturated carbocycles. The lowest BCUT2D eigenvalue weighted by molar-refractivity contribution is -0.0526. The maximum Gasteiger partial charge on any atom is 0.387 e. The van der Waals surface area contributed by atoms with Crippen LogP contribution < -0.4 is 23.7 Å². The molecule has 0 saturated heterocycles. The number of rotatable bonds is 6. The van der Waals surface area contributed by atoms with Crippen molar-refractivity contribution < 1.29 is 37.3 Å². The molecule has 3 rings (SSSR count). The van der Waals surface area contributed by atoms with E-state index in [1.165, 1.54) is 33.5 Å². The molecule has 1 aliphatic rings. The summed E-state index contributed by atoms with van der Waals surface area (Å²) in [6, 6.07) is 7.93. The number of methoxy groups -OCH3 is 3. The maximum atomic E-state index is 12.8. The second-order valence-corrected chi connectivity index (χ2v) is 5.78. The van der Waals surface area contributed by atoms with E-state index in [9.17, 15) is 13.6 Å². The van der Waals surface area contributed by atoms with Gasteiger partial charge in [0.2, 0.25) is 5.75 Å². The Morgan fingerprint density at radius 1 is 1.04 bits per heavy atom. The first kappa shape index (κ1) is 19.5. The van der Waals surface area contributed by atoms with Gasteiger partial charge in [0.05, 0.1) is 26.9 Å². The molecule has 0 spiro atoms. The van der Waals surface area contributed by atoms with Crippen molar-refractivity contribution in [3.8, 4) is 28.7 Å². The molecular formula is C20H18F2O6. The fraction of sp³-hybridized carbons (Fsp3) is 0.250. The van der Waals surface area contributed by atoms with E-state index in [0.717, 1.165) is 0 Å². The van der Waals surface area contributed by atoms with Crippen LogP contribution in [0.5, 0.6) is 28.7 Å². The van der Waals surface area contributed by atoms with Crippen molar-refractivity contribution in [1.29, 1.82) is 0 Å². The summed E-state index contributed by atoms with van der Waals surface area (Å²) >= 11 is 0. The van der Waals surface area contributed by atoms with Gasteiger partial charge in [-0.15, -0.1) is 0 Å². The van der Waals surface area contributed by atoms with E-state index in [0.29, 0.717) is 28.2 Å². The van der Waals surface area contributed by atoms with E-state index in [1.807, 2.05) is 0 Å². The summed E-state index contributed by atoms with van der Waals surface area (Å²) in [4.78, 5) is 12.8. The average Bonchev–Trinajstić information content (AvgIpc) is 2.70. The lowest BCUT2D eigenvalue weighted by Gasteiger charge is -2.20. The van der Waals surface area contributed by atoms with Gasteiger partial charge in [-0.3, -0.25) is 4.79 Å². The molecule has 0 bridgehead atoms. The molecule has 0 atom stereocenters. The monoisotopic (exact) mass is 392 g/mol. The van der Waals surface area contributed by atoms with Crippen molar-refractivity contribution in [1.82, 2.24) is 0 Å². The van der Waals surface area contributed by atoms with E-state index < -0.39 is 6.61 Å². The van der Waals surface area contributed by atoms with Gasteiger partial charge in [0, 0.05) is 5.57 Å². The SMILES string of the molecule is COc1ccc2c(c1)C(=O)/C(=C/c1cc(OC)c(OC(F)F)c(OC)c1)CO2. The van der Waals surface area contributed by atoms with Crippen molar-refractivity contribution in [2.45, 2.75) is 6.61 Å². The van der Waals surface area contributed by atoms with Gasteiger partial charge < -0.3 is 23.7 Å². The first-order valence-corrected chi connectivity index (χ1v) is 8.23. The number of carbonyl (C=O) groups is 1. The Hall–Kier alpha value is -3.29. The van der Waals surface area contributed by atoms with Crippen LogP contribution in [-0.4, -0.2) is 40.3 Å². The standard InChI is InChI=1S/C20H18F2O6/c1-24-13-4-5-15-14(9-13)18(23)12(10-27-15)6-11-7-16(25-2)19(28-20(21)22)17(8-11)26-3/h4-9,20H,10H2,1-3H3/b12-6+. The first-order chi connectivity index (χ1) is 13.5. The van der Waals surface area contributed by atoms with Crippen LogP contribution in [0.1, 0.15) is 15.9 Å². The lowest BCUT2D eigenvalue weighted by Crippen LogP contribution is -2.19. The third-order valence-electron chi connectivity index (χ3n) is 4.14. The highest BCUT2D eigenvalue weighted by atomic mass is 19.3. The first-order valence-electron chi connectivity index (χ1n) is 8.23. The quantitative estimate of drug-likeness (QED) is 0.693. The maximum absolute atomic E-state index is 12.8. The van der Waals surface area contributed by atoms with Gasteiger partial charge >= 0.3 is 6.61 Å². The summed E-state index contributed by atoms with van der Waals surface area (Å²) < 4.78 is 50.9. The van der Waals surface area contributed by atoms with Gasteiger partial charge in [0.1, 0.15) is 18.1 Å². The van der Waals surface area contributed by atoms with Crippen molar-refractivity contribution >= 4 is 11.9 Å². The van der Waals surface area contributed by atoms with E-state index in [4.69, 9.17) is 18.9 Å². The highest BCUT2D eigenvalue weighted by Gasteiger charge is 2.25. The van der Waals surface area contributed by atoms with Gasteiger partial charge in [0.25, 0.3) is 0 Å². The molecule has 148 valence electrons. The zero-order valence-electron chi connectivity index (χ0n) is 15.5. The number of ketones is 1. The number of hydrogen-bond donors (Lipinski definition) is 0. The number of hydrogen-bond acceptors (Lipinski definition) is 6. The molecule has 0 aromatic heterocycles. The predicted octanol–water partition coefficient (Wildman–Crippen LogP) is 3.97. The highest BCUT2D eigenvalue weighted by molar-refractivity contribution is 6.14. The van der Waals surface area contributed by atoms with Gasteiger partial charge in [-0.25, -0.2) is 0 Å². The minimum atomic E-state index is -3.04. The number of alkyl halides is 2. The molecule has 0 unspecified atom stereocenters. The molecule has 0 amide bonds. The molecule has 0 fully saturated rings. The molecule has 1 aliphatic heterocycles. The second kappa shape index (κ2) is 8.16. The minimum Gasteiger partial charge on any atom is -0.497 e. The van der Waals surface area contributed by atoms with E-state index >= 15 is 0 Å². The highest BCUT2D eigenvalue weighted by Crippen LogP contribution is 2.40. The molecule has 0 radical (unpaired) electrons. The summed E-state index contributed by atoms with van der Waals surface area (Å²) in [5.41, 5.74) is 1.27. The van der Waals surface area contributed by atoms with Gasteiger partial charge in [-0.1, -0.05) is 0 Å². The van der Waals surface area contributed by atoms with Crippen molar-refractivity contribution in [2.75, 3.05) is 27.9 Å². The third kappa shape index (κ3) is 3.85. The van der Waals surface area contributed by atoms with Crippen molar-refractivity contribution in [2.24, 2.45) is 0 Å². The Morgan fingerprint density at radius 3 is 2.29 bits per heavy atom. The number of ether oxygens (including phenoxy) is 5. The van der Waals surface area contributed by atoms with Crippen molar-refractivity contribution in [3.63, 3.8) is 0 Å². The molecule has 0 aliphatic carbocycles. The summed E-state index contributed by atoms with van der Waals surface area (Å²) in [7, 11) is 4.15. The number of benzene rings is 2. The fourth-order valence-corrected chi connectivity index (χ4v) is 2.83. The van der Waals surface area contributed by atoms with Crippen LogP contribution in [0.2, 0.25) is 0 Å². The van der Waals surface area contributed by atoms with Gasteiger partial charge in [0.15, 0.2) is 17.3 Å². The molecular weight excluding hydrogens is 374 g/mol. The second-order valence-electron chi connectivity index (χ2n) is 5.78. The van der Waals surface area contributed by atoms with Crippen LogP contribution in [0.15, 0.2) is 35.9 Å². The van der Waals surface area contributed by atoms with E-state index in [-0.39, 0.29) is 29.6 Å². The Bertz CT molecular complexity index is 898. The van der Waals surface area contributed by atoms with Crippen LogP contribution >= 0.6 is 0 Å². The van der Waals surface area contributed by atoms with Crippen LogP contribution in [0.25, 0.3) is 6.08 Å². The molecule has 0 N–H and O–H groups in total. The number of Topliss-reactive ketones (excluding diaryl/α,β-unsaturated/α-hetero) is 1. The molecule has 1 heterocycles. The number of halogens is 2. The largest absolute Gasteiger partial charge is 0.497 e. The van der Waals surface area contributed by atoms with E-state index in [2.05, 4.69) is 4.74 Å². The zero-order valence-corrected chi connectivity index (χ0v) is 15.5. The summed E-state index contributed by atoms with van der Waals surface area (Å²) in [5.74, 6) is 0.678. The number of fused-ring (bicyclic) bond motifs is 1. The Morgan fingerprint density at radius 2 is 1.71 bits per heavy atom. The van der Waals surface area contributed by atoms with E-state index in [1.54, 1.807) is 24.3 Å².